The summed E-state index contributed by atoms with van der Waals surface area (Å²) in [6, 6.07) is 9.99. The van der Waals surface area contributed by atoms with E-state index in [1.54, 1.807) is 0 Å². The van der Waals surface area contributed by atoms with Gasteiger partial charge in [0.25, 0.3) is 0 Å². The second-order valence-corrected chi connectivity index (χ2v) is 6.20. The van der Waals surface area contributed by atoms with Crippen molar-refractivity contribution in [2.75, 3.05) is 13.1 Å². The number of thioether (sulfide) groups is 1. The predicted molar refractivity (Wildman–Crippen MR) is 92.3 cm³/mol. The minimum Gasteiger partial charge on any atom is -0.381 e. The van der Waals surface area contributed by atoms with Crippen molar-refractivity contribution in [2.45, 2.75) is 33.1 Å². The van der Waals surface area contributed by atoms with Gasteiger partial charge in [-0.05, 0) is 45.0 Å². The van der Waals surface area contributed by atoms with Crippen LogP contribution in [0.1, 0.15) is 33.3 Å². The monoisotopic (exact) mass is 310 g/mol. The Bertz CT molecular complexity index is 444. The van der Waals surface area contributed by atoms with Gasteiger partial charge in [0, 0.05) is 13.1 Å². The molecule has 0 fully saturated rings. The van der Waals surface area contributed by atoms with Gasteiger partial charge in [-0.3, -0.25) is 0 Å². The highest BCUT2D eigenvalue weighted by molar-refractivity contribution is 8.23. The molecular formula is C15H22N2OS2. The van der Waals surface area contributed by atoms with Crippen LogP contribution < -0.4 is 0 Å². The second-order valence-electron chi connectivity index (χ2n) is 4.27. The molecule has 20 heavy (non-hydrogen) atoms. The van der Waals surface area contributed by atoms with E-state index in [1.165, 1.54) is 11.8 Å². The van der Waals surface area contributed by atoms with Crippen LogP contribution in [0.25, 0.3) is 0 Å². The van der Waals surface area contributed by atoms with Gasteiger partial charge in [0.1, 0.15) is 4.32 Å². The lowest BCUT2D eigenvalue weighted by molar-refractivity contribution is 0.134. The van der Waals surface area contributed by atoms with Crippen LogP contribution in [0.15, 0.2) is 35.5 Å². The minimum absolute atomic E-state index is 0.0956. The molecule has 0 radical (unpaired) electrons. The van der Waals surface area contributed by atoms with Crippen LogP contribution in [0.4, 0.5) is 0 Å². The lowest BCUT2D eigenvalue weighted by Gasteiger charge is -2.22. The minimum atomic E-state index is -0.0956. The van der Waals surface area contributed by atoms with Crippen molar-refractivity contribution >= 4 is 34.0 Å². The fourth-order valence-corrected chi connectivity index (χ4v) is 3.05. The van der Waals surface area contributed by atoms with Gasteiger partial charge in [-0.1, -0.05) is 47.7 Å². The number of benzene rings is 1. The normalized spacial score (nSPS) is 12.9. The first-order valence-electron chi connectivity index (χ1n) is 6.79. The number of rotatable bonds is 6. The average Bonchev–Trinajstić information content (AvgIpc) is 2.47. The Kier molecular flexibility index (Phi) is 7.62. The van der Waals surface area contributed by atoms with Gasteiger partial charge in [0.15, 0.2) is 5.44 Å². The zero-order valence-corrected chi connectivity index (χ0v) is 14.1. The van der Waals surface area contributed by atoms with Gasteiger partial charge in [0.2, 0.25) is 0 Å². The third kappa shape index (κ3) is 5.51. The molecule has 0 aliphatic heterocycles. The molecular weight excluding hydrogens is 288 g/mol. The third-order valence-corrected chi connectivity index (χ3v) is 4.24. The molecule has 110 valence electrons. The Hall–Kier alpha value is -1.07. The first-order valence-corrected chi connectivity index (χ1v) is 8.08. The highest BCUT2D eigenvalue weighted by Gasteiger charge is 2.12. The summed E-state index contributed by atoms with van der Waals surface area (Å²) in [5.74, 6) is 0. The molecule has 5 heteroatoms. The zero-order valence-electron chi connectivity index (χ0n) is 12.5. The van der Waals surface area contributed by atoms with Crippen molar-refractivity contribution in [1.82, 2.24) is 4.90 Å². The van der Waals surface area contributed by atoms with Crippen molar-refractivity contribution in [3.8, 4) is 0 Å². The maximum absolute atomic E-state index is 5.50. The molecule has 1 aromatic carbocycles. The molecule has 1 rings (SSSR count). The molecule has 1 atom stereocenters. The Morgan fingerprint density at radius 2 is 1.90 bits per heavy atom. The van der Waals surface area contributed by atoms with Crippen molar-refractivity contribution in [3.63, 3.8) is 0 Å². The smallest absolute Gasteiger partial charge is 0.176 e. The van der Waals surface area contributed by atoms with Gasteiger partial charge < -0.3 is 9.74 Å². The van der Waals surface area contributed by atoms with Crippen molar-refractivity contribution < 1.29 is 4.84 Å². The number of nitrogens with zero attached hydrogens (tertiary/aromatic N) is 2. The first kappa shape index (κ1) is 17.0. The van der Waals surface area contributed by atoms with Gasteiger partial charge in [-0.2, -0.15) is 0 Å². The quantitative estimate of drug-likeness (QED) is 0.341. The molecule has 0 aliphatic rings. The largest absolute Gasteiger partial charge is 0.381 e. The van der Waals surface area contributed by atoms with E-state index < -0.39 is 0 Å². The maximum Gasteiger partial charge on any atom is 0.176 e. The molecule has 3 nitrogen and oxygen atoms in total. The Labute approximate surface area is 131 Å². The summed E-state index contributed by atoms with van der Waals surface area (Å²) >= 11 is 6.91. The fraction of sp³-hybridized carbons (Fsp3) is 0.467. The molecule has 0 N–H and O–H groups in total. The number of hydrogen-bond acceptors (Lipinski definition) is 4. The highest BCUT2D eigenvalue weighted by atomic mass is 32.2. The number of thiocarbonyl (C=S) groups is 1. The molecule has 0 amide bonds. The van der Waals surface area contributed by atoms with E-state index >= 15 is 0 Å². The van der Waals surface area contributed by atoms with Crippen molar-refractivity contribution in [2.24, 2.45) is 5.16 Å². The van der Waals surface area contributed by atoms with Gasteiger partial charge in [-0.25, -0.2) is 0 Å². The molecule has 0 saturated carbocycles. The van der Waals surface area contributed by atoms with Crippen LogP contribution in [-0.2, 0) is 4.84 Å². The lowest BCUT2D eigenvalue weighted by atomic mass is 10.1. The molecule has 0 bridgehead atoms. The molecule has 0 aromatic heterocycles. The Balaban J connectivity index is 2.51. The molecule has 0 heterocycles. The van der Waals surface area contributed by atoms with Gasteiger partial charge in [-0.15, -0.1) is 0 Å². The van der Waals surface area contributed by atoms with Gasteiger partial charge in [0.05, 0.1) is 5.71 Å². The highest BCUT2D eigenvalue weighted by Crippen LogP contribution is 2.17. The zero-order chi connectivity index (χ0) is 15.0. The summed E-state index contributed by atoms with van der Waals surface area (Å²) < 4.78 is 0.857. The van der Waals surface area contributed by atoms with E-state index in [-0.39, 0.29) is 5.44 Å². The maximum atomic E-state index is 5.50. The van der Waals surface area contributed by atoms with E-state index in [9.17, 15) is 0 Å². The van der Waals surface area contributed by atoms with E-state index in [2.05, 4.69) is 23.9 Å². The van der Waals surface area contributed by atoms with Crippen LogP contribution in [0.5, 0.6) is 0 Å². The molecule has 0 aliphatic carbocycles. The van der Waals surface area contributed by atoms with Gasteiger partial charge >= 0.3 is 0 Å². The lowest BCUT2D eigenvalue weighted by Crippen LogP contribution is -2.28. The average molecular weight is 310 g/mol. The third-order valence-electron chi connectivity index (χ3n) is 2.82. The molecule has 0 unspecified atom stereocenters. The van der Waals surface area contributed by atoms with E-state index in [1.807, 2.05) is 44.2 Å². The van der Waals surface area contributed by atoms with Crippen LogP contribution in [0.3, 0.4) is 0 Å². The summed E-state index contributed by atoms with van der Waals surface area (Å²) in [7, 11) is 0. The van der Waals surface area contributed by atoms with Crippen LogP contribution in [0.2, 0.25) is 0 Å². The van der Waals surface area contributed by atoms with Crippen molar-refractivity contribution in [3.05, 3.63) is 35.9 Å². The topological polar surface area (TPSA) is 24.8 Å². The Morgan fingerprint density at radius 3 is 2.45 bits per heavy atom. The summed E-state index contributed by atoms with van der Waals surface area (Å²) in [6.45, 7) is 9.93. The summed E-state index contributed by atoms with van der Waals surface area (Å²) in [6.07, 6.45) is 0. The standard InChI is InChI=1S/C15H22N2OS2/c1-5-17(6-2)15(19)20-13(4)18-16-12(3)14-10-8-7-9-11-14/h7-11,13H,5-6H2,1-4H3/b16-12+/t13-/m1/s1. The van der Waals surface area contributed by atoms with E-state index in [4.69, 9.17) is 17.1 Å². The molecule has 0 spiro atoms. The van der Waals surface area contributed by atoms with E-state index in [0.717, 1.165) is 28.7 Å². The summed E-state index contributed by atoms with van der Waals surface area (Å²) in [4.78, 5) is 7.64. The van der Waals surface area contributed by atoms with Crippen molar-refractivity contribution in [1.29, 1.82) is 0 Å². The van der Waals surface area contributed by atoms with Crippen LogP contribution in [-0.4, -0.2) is 33.5 Å². The SMILES string of the molecule is CCN(CC)C(=S)S[C@H](C)O/N=C(\C)c1ccccc1. The molecule has 0 saturated heterocycles. The van der Waals surface area contributed by atoms with Crippen LogP contribution >= 0.6 is 24.0 Å². The first-order chi connectivity index (χ1) is 9.58. The van der Waals surface area contributed by atoms with E-state index in [0.29, 0.717) is 0 Å². The second kappa shape index (κ2) is 8.97. The number of oxime groups is 1. The summed E-state index contributed by atoms with van der Waals surface area (Å²) in [5, 5.41) is 4.18. The summed E-state index contributed by atoms with van der Waals surface area (Å²) in [5.41, 5.74) is 1.84. The van der Waals surface area contributed by atoms with Crippen LogP contribution in [0, 0.1) is 0 Å². The Morgan fingerprint density at radius 1 is 1.30 bits per heavy atom. The fourth-order valence-electron chi connectivity index (χ4n) is 1.61. The predicted octanol–water partition coefficient (Wildman–Crippen LogP) is 4.13. The number of hydrogen-bond donors (Lipinski definition) is 0. The molecule has 1 aromatic rings.